The average molecular weight is 302 g/mol. The number of aliphatic hydroxyl groups excluding tert-OH is 1. The van der Waals surface area contributed by atoms with E-state index in [1.54, 1.807) is 0 Å². The predicted molar refractivity (Wildman–Crippen MR) is 74.0 cm³/mol. The van der Waals surface area contributed by atoms with Crippen molar-refractivity contribution in [2.45, 2.75) is 30.6 Å². The Balaban J connectivity index is 2.15. The summed E-state index contributed by atoms with van der Waals surface area (Å²) < 4.78 is 40.3. The first-order valence-corrected chi connectivity index (χ1v) is 8.02. The third-order valence-corrected chi connectivity index (χ3v) is 5.32. The maximum atomic E-state index is 13.7. The van der Waals surface area contributed by atoms with Crippen molar-refractivity contribution < 1.29 is 17.9 Å². The summed E-state index contributed by atoms with van der Waals surface area (Å²) in [4.78, 5) is -0.419. The molecule has 4 N–H and O–H groups in total. The molecule has 0 unspecified atom stereocenters. The maximum Gasteiger partial charge on any atom is 0.243 e. The van der Waals surface area contributed by atoms with Gasteiger partial charge in [-0.2, -0.15) is 0 Å². The number of nitrogens with two attached hydrogens (primary N) is 1. The summed E-state index contributed by atoms with van der Waals surface area (Å²) in [6.07, 6.45) is 3.49. The van der Waals surface area contributed by atoms with Crippen LogP contribution in [0.15, 0.2) is 23.1 Å². The molecule has 5 nitrogen and oxygen atoms in total. The minimum absolute atomic E-state index is 0.0697. The third kappa shape index (κ3) is 3.11. The fourth-order valence-corrected chi connectivity index (χ4v) is 3.79. The van der Waals surface area contributed by atoms with E-state index in [0.717, 1.165) is 37.8 Å². The van der Waals surface area contributed by atoms with Crippen molar-refractivity contribution in [3.63, 3.8) is 0 Å². The average Bonchev–Trinajstić information content (AvgIpc) is 2.85. The summed E-state index contributed by atoms with van der Waals surface area (Å²) in [5.74, 6) is -0.873. The number of hydrogen-bond acceptors (Lipinski definition) is 4. The van der Waals surface area contributed by atoms with Crippen LogP contribution in [-0.2, 0) is 10.0 Å². The van der Waals surface area contributed by atoms with Crippen LogP contribution in [0.3, 0.4) is 0 Å². The molecule has 0 spiro atoms. The number of anilines is 1. The van der Waals surface area contributed by atoms with Gasteiger partial charge in [-0.25, -0.2) is 17.5 Å². The predicted octanol–water partition coefficient (Wildman–Crippen LogP) is 1.24. The van der Waals surface area contributed by atoms with Crippen LogP contribution in [0.2, 0.25) is 0 Å². The number of nitrogen functional groups attached to an aromatic ring is 1. The summed E-state index contributed by atoms with van der Waals surface area (Å²) in [7, 11) is -3.94. The lowest BCUT2D eigenvalue weighted by Crippen LogP contribution is -2.38. The standard InChI is InChI=1S/C13H19FN2O3S/c14-11-7-10(15)3-4-12(11)20(18,19)16-8-13(9-17)5-1-2-6-13/h3-4,7,16-17H,1-2,5-6,8-9,15H2. The van der Waals surface area contributed by atoms with E-state index in [2.05, 4.69) is 4.72 Å². The highest BCUT2D eigenvalue weighted by molar-refractivity contribution is 7.89. The summed E-state index contributed by atoms with van der Waals surface area (Å²) in [6, 6.07) is 3.47. The summed E-state index contributed by atoms with van der Waals surface area (Å²) in [6.45, 7) is 0.0510. The Morgan fingerprint density at radius 1 is 1.35 bits per heavy atom. The number of aliphatic hydroxyl groups is 1. The normalized spacial score (nSPS) is 18.3. The minimum Gasteiger partial charge on any atom is -0.399 e. The summed E-state index contributed by atoms with van der Waals surface area (Å²) in [5.41, 5.74) is 5.15. The van der Waals surface area contributed by atoms with Crippen molar-refractivity contribution in [3.8, 4) is 0 Å². The zero-order chi connectivity index (χ0) is 14.8. The second kappa shape index (κ2) is 5.67. The SMILES string of the molecule is Nc1ccc(S(=O)(=O)NCC2(CO)CCCC2)c(F)c1. The lowest BCUT2D eigenvalue weighted by atomic mass is 9.88. The van der Waals surface area contributed by atoms with Crippen molar-refractivity contribution in [1.29, 1.82) is 0 Å². The van der Waals surface area contributed by atoms with E-state index >= 15 is 0 Å². The van der Waals surface area contributed by atoms with Crippen LogP contribution >= 0.6 is 0 Å². The van der Waals surface area contributed by atoms with E-state index in [1.165, 1.54) is 6.07 Å². The molecule has 0 heterocycles. The molecule has 0 radical (unpaired) electrons. The molecule has 1 fully saturated rings. The van der Waals surface area contributed by atoms with E-state index in [1.807, 2.05) is 0 Å². The second-order valence-electron chi connectivity index (χ2n) is 5.38. The van der Waals surface area contributed by atoms with Gasteiger partial charge in [0.05, 0.1) is 0 Å². The fourth-order valence-electron chi connectivity index (χ4n) is 2.58. The van der Waals surface area contributed by atoms with E-state index in [4.69, 9.17) is 5.73 Å². The Kier molecular flexibility index (Phi) is 4.31. The molecular weight excluding hydrogens is 283 g/mol. The quantitative estimate of drug-likeness (QED) is 0.714. The van der Waals surface area contributed by atoms with Crippen LogP contribution in [0.25, 0.3) is 0 Å². The van der Waals surface area contributed by atoms with Crippen molar-refractivity contribution in [1.82, 2.24) is 4.72 Å². The Morgan fingerprint density at radius 3 is 2.55 bits per heavy atom. The van der Waals surface area contributed by atoms with E-state index in [0.29, 0.717) is 0 Å². The Labute approximate surface area is 118 Å². The van der Waals surface area contributed by atoms with Gasteiger partial charge in [0.15, 0.2) is 0 Å². The van der Waals surface area contributed by atoms with Crippen LogP contribution in [-0.4, -0.2) is 26.7 Å². The zero-order valence-electron chi connectivity index (χ0n) is 11.1. The van der Waals surface area contributed by atoms with Crippen LogP contribution in [0.1, 0.15) is 25.7 Å². The van der Waals surface area contributed by atoms with Gasteiger partial charge < -0.3 is 10.8 Å². The molecule has 112 valence electrons. The molecule has 7 heteroatoms. The molecule has 1 aliphatic rings. The summed E-state index contributed by atoms with van der Waals surface area (Å²) in [5, 5.41) is 9.45. The first-order chi connectivity index (χ1) is 9.38. The Bertz CT molecular complexity index is 583. The van der Waals surface area contributed by atoms with Gasteiger partial charge in [0.2, 0.25) is 10.0 Å². The van der Waals surface area contributed by atoms with Crippen molar-refractivity contribution in [2.24, 2.45) is 5.41 Å². The molecule has 0 amide bonds. The Morgan fingerprint density at radius 2 is 2.00 bits per heavy atom. The smallest absolute Gasteiger partial charge is 0.243 e. The van der Waals surface area contributed by atoms with Gasteiger partial charge in [-0.1, -0.05) is 12.8 Å². The first kappa shape index (κ1) is 15.2. The molecule has 0 aromatic heterocycles. The molecule has 1 aromatic carbocycles. The first-order valence-electron chi connectivity index (χ1n) is 6.54. The van der Waals surface area contributed by atoms with Gasteiger partial charge in [0, 0.05) is 24.3 Å². The highest BCUT2D eigenvalue weighted by Gasteiger charge is 2.34. The van der Waals surface area contributed by atoms with Gasteiger partial charge >= 0.3 is 0 Å². The zero-order valence-corrected chi connectivity index (χ0v) is 11.9. The van der Waals surface area contributed by atoms with Crippen molar-refractivity contribution in [2.75, 3.05) is 18.9 Å². The van der Waals surface area contributed by atoms with Gasteiger partial charge in [0.1, 0.15) is 10.7 Å². The largest absolute Gasteiger partial charge is 0.399 e. The molecule has 2 rings (SSSR count). The van der Waals surface area contributed by atoms with Gasteiger partial charge in [-0.3, -0.25) is 0 Å². The molecule has 1 aliphatic carbocycles. The van der Waals surface area contributed by atoms with E-state index < -0.39 is 26.2 Å². The monoisotopic (exact) mass is 302 g/mol. The minimum atomic E-state index is -3.94. The van der Waals surface area contributed by atoms with Crippen LogP contribution in [0.4, 0.5) is 10.1 Å². The molecular formula is C13H19FN2O3S. The second-order valence-corrected chi connectivity index (χ2v) is 7.12. The molecule has 1 aromatic rings. The molecule has 1 saturated carbocycles. The van der Waals surface area contributed by atoms with E-state index in [-0.39, 0.29) is 18.8 Å². The topological polar surface area (TPSA) is 92.4 Å². The van der Waals surface area contributed by atoms with E-state index in [9.17, 15) is 17.9 Å². The summed E-state index contributed by atoms with van der Waals surface area (Å²) >= 11 is 0. The number of benzene rings is 1. The maximum absolute atomic E-state index is 13.7. The number of hydrogen-bond donors (Lipinski definition) is 3. The van der Waals surface area contributed by atoms with Crippen molar-refractivity contribution in [3.05, 3.63) is 24.0 Å². The van der Waals surface area contributed by atoms with Gasteiger partial charge in [0.25, 0.3) is 0 Å². The van der Waals surface area contributed by atoms with Crippen LogP contribution < -0.4 is 10.5 Å². The highest BCUT2D eigenvalue weighted by Crippen LogP contribution is 2.37. The number of halogens is 1. The number of sulfonamides is 1. The molecule has 20 heavy (non-hydrogen) atoms. The van der Waals surface area contributed by atoms with Gasteiger partial charge in [-0.15, -0.1) is 0 Å². The molecule has 0 bridgehead atoms. The molecule has 0 saturated heterocycles. The van der Waals surface area contributed by atoms with Crippen LogP contribution in [0, 0.1) is 11.2 Å². The fraction of sp³-hybridized carbons (Fsp3) is 0.538. The lowest BCUT2D eigenvalue weighted by molar-refractivity contribution is 0.134. The highest BCUT2D eigenvalue weighted by atomic mass is 32.2. The number of rotatable bonds is 5. The van der Waals surface area contributed by atoms with Gasteiger partial charge in [-0.05, 0) is 31.0 Å². The molecule has 0 aliphatic heterocycles. The molecule has 0 atom stereocenters. The third-order valence-electron chi connectivity index (χ3n) is 3.88. The lowest BCUT2D eigenvalue weighted by Gasteiger charge is -2.26. The van der Waals surface area contributed by atoms with Crippen molar-refractivity contribution >= 4 is 15.7 Å². The number of nitrogens with one attached hydrogen (secondary N) is 1. The Hall–Kier alpha value is -1.18. The van der Waals surface area contributed by atoms with Crippen LogP contribution in [0.5, 0.6) is 0 Å².